The Balaban J connectivity index is 2.95. The second-order valence-corrected chi connectivity index (χ2v) is 3.54. The van der Waals surface area contributed by atoms with Gasteiger partial charge in [0.25, 0.3) is 0 Å². The molecular weight excluding hydrogens is 130 g/mol. The summed E-state index contributed by atoms with van der Waals surface area (Å²) in [4.78, 5) is 0. The summed E-state index contributed by atoms with van der Waals surface area (Å²) >= 11 is 1.88. The summed E-state index contributed by atoms with van der Waals surface area (Å²) in [6.45, 7) is 4.36. The van der Waals surface area contributed by atoms with E-state index in [9.17, 15) is 0 Å². The van der Waals surface area contributed by atoms with Gasteiger partial charge in [0.2, 0.25) is 0 Å². The first-order valence-electron chi connectivity index (χ1n) is 3.68. The van der Waals surface area contributed by atoms with Gasteiger partial charge in [-0.2, -0.15) is 0 Å². The second kappa shape index (κ2) is 6.43. The molecule has 0 aromatic carbocycles. The van der Waals surface area contributed by atoms with Gasteiger partial charge in [-0.1, -0.05) is 20.3 Å². The zero-order valence-corrected chi connectivity index (χ0v) is 7.21. The average Bonchev–Trinajstić information content (AvgIpc) is 1.85. The summed E-state index contributed by atoms with van der Waals surface area (Å²) in [7, 11) is 0. The maximum absolute atomic E-state index is 5.73. The van der Waals surface area contributed by atoms with Gasteiger partial charge in [-0.3, -0.25) is 0 Å². The molecule has 0 aliphatic rings. The fourth-order valence-electron chi connectivity index (χ4n) is 0.637. The van der Waals surface area contributed by atoms with E-state index in [2.05, 4.69) is 13.8 Å². The SMILES string of the molecule is CCCSC(N)CCC. The van der Waals surface area contributed by atoms with Crippen molar-refractivity contribution in [3.8, 4) is 0 Å². The van der Waals surface area contributed by atoms with Crippen LogP contribution in [-0.4, -0.2) is 11.1 Å². The third kappa shape index (κ3) is 6.19. The van der Waals surface area contributed by atoms with Crippen LogP contribution in [0.2, 0.25) is 0 Å². The van der Waals surface area contributed by atoms with Crippen LogP contribution in [0.3, 0.4) is 0 Å². The van der Waals surface area contributed by atoms with Gasteiger partial charge in [0.15, 0.2) is 0 Å². The summed E-state index contributed by atoms with van der Waals surface area (Å²) < 4.78 is 0. The Bertz CT molecular complexity index is 56.9. The Morgan fingerprint density at radius 1 is 1.33 bits per heavy atom. The van der Waals surface area contributed by atoms with Crippen molar-refractivity contribution in [1.82, 2.24) is 0 Å². The van der Waals surface area contributed by atoms with Crippen LogP contribution in [0.1, 0.15) is 33.1 Å². The van der Waals surface area contributed by atoms with Crippen LogP contribution in [0, 0.1) is 0 Å². The van der Waals surface area contributed by atoms with Gasteiger partial charge in [-0.25, -0.2) is 0 Å². The number of nitrogens with two attached hydrogens (primary N) is 1. The Morgan fingerprint density at radius 2 is 2.00 bits per heavy atom. The molecule has 1 unspecified atom stereocenters. The van der Waals surface area contributed by atoms with E-state index >= 15 is 0 Å². The molecule has 0 amide bonds. The maximum Gasteiger partial charge on any atom is 0.0507 e. The largest absolute Gasteiger partial charge is 0.319 e. The monoisotopic (exact) mass is 147 g/mol. The molecule has 9 heavy (non-hydrogen) atoms. The third-order valence-corrected chi connectivity index (χ3v) is 2.42. The van der Waals surface area contributed by atoms with Gasteiger partial charge >= 0.3 is 0 Å². The molecule has 2 N–H and O–H groups in total. The molecule has 0 spiro atoms. The van der Waals surface area contributed by atoms with Crippen molar-refractivity contribution in [2.45, 2.75) is 38.5 Å². The molecule has 1 atom stereocenters. The van der Waals surface area contributed by atoms with Gasteiger partial charge in [-0.15, -0.1) is 11.8 Å². The Kier molecular flexibility index (Phi) is 6.65. The molecule has 2 heteroatoms. The van der Waals surface area contributed by atoms with Gasteiger partial charge in [-0.05, 0) is 18.6 Å². The van der Waals surface area contributed by atoms with E-state index in [0.717, 1.165) is 6.42 Å². The van der Waals surface area contributed by atoms with Crippen LogP contribution >= 0.6 is 11.8 Å². The van der Waals surface area contributed by atoms with Gasteiger partial charge in [0.1, 0.15) is 0 Å². The Morgan fingerprint density at radius 3 is 2.44 bits per heavy atom. The maximum atomic E-state index is 5.73. The minimum Gasteiger partial charge on any atom is -0.319 e. The molecule has 0 fully saturated rings. The lowest BCUT2D eigenvalue weighted by molar-refractivity contribution is 0.764. The number of rotatable bonds is 5. The van der Waals surface area contributed by atoms with Gasteiger partial charge < -0.3 is 5.73 Å². The highest BCUT2D eigenvalue weighted by Gasteiger charge is 1.97. The Hall–Kier alpha value is 0.310. The zero-order valence-electron chi connectivity index (χ0n) is 6.39. The highest BCUT2D eigenvalue weighted by molar-refractivity contribution is 7.99. The smallest absolute Gasteiger partial charge is 0.0507 e. The molecule has 0 radical (unpaired) electrons. The van der Waals surface area contributed by atoms with Crippen molar-refractivity contribution in [3.05, 3.63) is 0 Å². The summed E-state index contributed by atoms with van der Waals surface area (Å²) in [5.74, 6) is 1.21. The molecule has 0 aliphatic heterocycles. The minimum atomic E-state index is 0.384. The van der Waals surface area contributed by atoms with Gasteiger partial charge in [0.05, 0.1) is 5.37 Å². The van der Waals surface area contributed by atoms with Crippen LogP contribution in [0.15, 0.2) is 0 Å². The van der Waals surface area contributed by atoms with E-state index < -0.39 is 0 Å². The molecule has 0 aromatic heterocycles. The van der Waals surface area contributed by atoms with E-state index in [0.29, 0.717) is 5.37 Å². The lowest BCUT2D eigenvalue weighted by Gasteiger charge is -2.07. The number of hydrogen-bond acceptors (Lipinski definition) is 2. The van der Waals surface area contributed by atoms with Crippen molar-refractivity contribution in [2.24, 2.45) is 5.73 Å². The van der Waals surface area contributed by atoms with Crippen LogP contribution in [0.25, 0.3) is 0 Å². The van der Waals surface area contributed by atoms with Crippen molar-refractivity contribution in [1.29, 1.82) is 0 Å². The Labute approximate surface area is 62.4 Å². The molecule has 0 heterocycles. The average molecular weight is 147 g/mol. The summed E-state index contributed by atoms with van der Waals surface area (Å²) in [5.41, 5.74) is 5.73. The second-order valence-electron chi connectivity index (χ2n) is 2.20. The van der Waals surface area contributed by atoms with Crippen LogP contribution in [0.5, 0.6) is 0 Å². The van der Waals surface area contributed by atoms with Gasteiger partial charge in [0, 0.05) is 0 Å². The molecule has 0 saturated heterocycles. The quantitative estimate of drug-likeness (QED) is 0.603. The molecule has 56 valence electrons. The van der Waals surface area contributed by atoms with Crippen LogP contribution in [-0.2, 0) is 0 Å². The first-order chi connectivity index (χ1) is 4.31. The van der Waals surface area contributed by atoms with E-state index in [-0.39, 0.29) is 0 Å². The molecule has 0 rings (SSSR count). The fraction of sp³-hybridized carbons (Fsp3) is 1.00. The summed E-state index contributed by atoms with van der Waals surface area (Å²) in [5, 5.41) is 0.384. The predicted molar refractivity (Wildman–Crippen MR) is 45.6 cm³/mol. The summed E-state index contributed by atoms with van der Waals surface area (Å²) in [6, 6.07) is 0. The van der Waals surface area contributed by atoms with Crippen molar-refractivity contribution in [3.63, 3.8) is 0 Å². The summed E-state index contributed by atoms with van der Waals surface area (Å²) in [6.07, 6.45) is 3.60. The first-order valence-corrected chi connectivity index (χ1v) is 4.73. The highest BCUT2D eigenvalue weighted by atomic mass is 32.2. The number of thioether (sulfide) groups is 1. The van der Waals surface area contributed by atoms with Crippen LogP contribution in [0.4, 0.5) is 0 Å². The van der Waals surface area contributed by atoms with Crippen molar-refractivity contribution in [2.75, 3.05) is 5.75 Å². The normalized spacial score (nSPS) is 13.7. The lowest BCUT2D eigenvalue weighted by atomic mass is 10.3. The first kappa shape index (κ1) is 9.31. The van der Waals surface area contributed by atoms with Crippen LogP contribution < -0.4 is 5.73 Å². The topological polar surface area (TPSA) is 26.0 Å². The van der Waals surface area contributed by atoms with Crippen molar-refractivity contribution < 1.29 is 0 Å². The fourth-order valence-corrected chi connectivity index (χ4v) is 1.58. The zero-order chi connectivity index (χ0) is 7.11. The van der Waals surface area contributed by atoms with E-state index in [1.54, 1.807) is 0 Å². The number of hydrogen-bond donors (Lipinski definition) is 1. The van der Waals surface area contributed by atoms with Crippen molar-refractivity contribution >= 4 is 11.8 Å². The molecule has 0 aliphatic carbocycles. The van der Waals surface area contributed by atoms with E-state index in [1.165, 1.54) is 18.6 Å². The molecule has 0 bridgehead atoms. The molecule has 1 nitrogen and oxygen atoms in total. The molecular formula is C7H17NS. The third-order valence-electron chi connectivity index (χ3n) is 1.11. The van der Waals surface area contributed by atoms with E-state index in [1.807, 2.05) is 11.8 Å². The molecule has 0 saturated carbocycles. The molecule has 0 aromatic rings. The highest BCUT2D eigenvalue weighted by Crippen LogP contribution is 2.11. The predicted octanol–water partition coefficient (Wildman–Crippen LogP) is 2.21. The lowest BCUT2D eigenvalue weighted by Crippen LogP contribution is -2.14. The van der Waals surface area contributed by atoms with E-state index in [4.69, 9.17) is 5.73 Å². The minimum absolute atomic E-state index is 0.384. The standard InChI is InChI=1S/C7H17NS/c1-3-5-7(8)9-6-4-2/h7H,3-6,8H2,1-2H3.